The van der Waals surface area contributed by atoms with E-state index in [0.29, 0.717) is 5.56 Å². The zero-order valence-electron chi connectivity index (χ0n) is 8.11. The average Bonchev–Trinajstić information content (AvgIpc) is 2.01. The molecule has 74 valence electrons. The molecule has 1 aromatic carbocycles. The van der Waals surface area contributed by atoms with E-state index in [9.17, 15) is 9.90 Å². The van der Waals surface area contributed by atoms with Crippen molar-refractivity contribution in [1.82, 2.24) is 0 Å². The minimum absolute atomic E-state index is 0.111. The fourth-order valence-corrected chi connectivity index (χ4v) is 1.33. The topological polar surface area (TPSA) is 57.5 Å². The van der Waals surface area contributed by atoms with Gasteiger partial charge in [0.25, 0.3) is 0 Å². The van der Waals surface area contributed by atoms with Gasteiger partial charge in [-0.2, -0.15) is 0 Å². The van der Waals surface area contributed by atoms with E-state index in [2.05, 4.69) is 0 Å². The molecule has 0 spiro atoms. The minimum Gasteiger partial charge on any atom is -0.507 e. The summed E-state index contributed by atoms with van der Waals surface area (Å²) >= 11 is 0. The Bertz CT molecular complexity index is 369. The molecule has 0 saturated heterocycles. The van der Waals surface area contributed by atoms with Crippen LogP contribution in [-0.4, -0.2) is 16.2 Å². The van der Waals surface area contributed by atoms with Gasteiger partial charge in [0.1, 0.15) is 5.75 Å². The van der Waals surface area contributed by atoms with Gasteiger partial charge in [-0.05, 0) is 37.1 Å². The molecule has 0 aromatic heterocycles. The van der Waals surface area contributed by atoms with Crippen LogP contribution in [0.2, 0.25) is 0 Å². The number of rotatable bonds is 2. The van der Waals surface area contributed by atoms with Crippen molar-refractivity contribution in [1.29, 1.82) is 0 Å². The highest BCUT2D eigenvalue weighted by atomic mass is 16.4. The van der Waals surface area contributed by atoms with Gasteiger partial charge >= 0.3 is 5.97 Å². The number of benzene rings is 1. The lowest BCUT2D eigenvalue weighted by Crippen LogP contribution is -1.88. The normalized spacial score (nSPS) is 10.7. The molecule has 0 aliphatic carbocycles. The van der Waals surface area contributed by atoms with Gasteiger partial charge in [0.05, 0.1) is 0 Å². The number of aliphatic carboxylic acids is 1. The molecule has 14 heavy (non-hydrogen) atoms. The van der Waals surface area contributed by atoms with Crippen molar-refractivity contribution >= 4 is 12.0 Å². The van der Waals surface area contributed by atoms with Crippen LogP contribution >= 0.6 is 0 Å². The summed E-state index contributed by atoms with van der Waals surface area (Å²) < 4.78 is 0. The van der Waals surface area contributed by atoms with Crippen LogP contribution in [0, 0.1) is 13.8 Å². The van der Waals surface area contributed by atoms with Gasteiger partial charge in [-0.3, -0.25) is 0 Å². The van der Waals surface area contributed by atoms with Gasteiger partial charge in [0.15, 0.2) is 0 Å². The highest BCUT2D eigenvalue weighted by Crippen LogP contribution is 2.24. The largest absolute Gasteiger partial charge is 0.507 e. The summed E-state index contributed by atoms with van der Waals surface area (Å²) in [5.41, 5.74) is 2.37. The van der Waals surface area contributed by atoms with Crippen LogP contribution in [0.1, 0.15) is 16.7 Å². The summed E-state index contributed by atoms with van der Waals surface area (Å²) in [6, 6.07) is 3.50. The Hall–Kier alpha value is -1.77. The number of phenols is 1. The van der Waals surface area contributed by atoms with Gasteiger partial charge < -0.3 is 10.2 Å². The first-order valence-corrected chi connectivity index (χ1v) is 4.22. The molecule has 0 bridgehead atoms. The maximum Gasteiger partial charge on any atom is 0.328 e. The van der Waals surface area contributed by atoms with E-state index in [1.54, 1.807) is 6.07 Å². The number of aromatic hydroxyl groups is 1. The first-order valence-electron chi connectivity index (χ1n) is 4.22. The molecule has 3 heteroatoms. The van der Waals surface area contributed by atoms with Crippen LogP contribution in [0.25, 0.3) is 6.08 Å². The molecule has 0 fully saturated rings. The molecule has 2 N–H and O–H groups in total. The molecule has 0 radical (unpaired) electrons. The molecule has 3 nitrogen and oxygen atoms in total. The maximum absolute atomic E-state index is 10.3. The highest BCUT2D eigenvalue weighted by molar-refractivity contribution is 5.86. The zero-order chi connectivity index (χ0) is 10.7. The van der Waals surface area contributed by atoms with Gasteiger partial charge in [0, 0.05) is 11.6 Å². The van der Waals surface area contributed by atoms with Crippen LogP contribution in [0.5, 0.6) is 5.75 Å². The van der Waals surface area contributed by atoms with Crippen LogP contribution in [-0.2, 0) is 4.79 Å². The van der Waals surface area contributed by atoms with Crippen molar-refractivity contribution in [3.8, 4) is 5.75 Å². The van der Waals surface area contributed by atoms with E-state index in [0.717, 1.165) is 17.2 Å². The van der Waals surface area contributed by atoms with E-state index in [1.807, 2.05) is 19.9 Å². The molecule has 1 aromatic rings. The summed E-state index contributed by atoms with van der Waals surface area (Å²) in [4.78, 5) is 10.3. The summed E-state index contributed by atoms with van der Waals surface area (Å²) in [5, 5.41) is 18.0. The quantitative estimate of drug-likeness (QED) is 0.705. The molecule has 0 saturated carbocycles. The Morgan fingerprint density at radius 2 is 2.00 bits per heavy atom. The first kappa shape index (κ1) is 10.3. The second kappa shape index (κ2) is 3.96. The average molecular weight is 192 g/mol. The zero-order valence-corrected chi connectivity index (χ0v) is 8.11. The van der Waals surface area contributed by atoms with Gasteiger partial charge in [-0.25, -0.2) is 4.79 Å². The molecular weight excluding hydrogens is 180 g/mol. The SMILES string of the molecule is Cc1cc(C)c(/C=C/C(=O)O)c(O)c1. The Morgan fingerprint density at radius 1 is 1.36 bits per heavy atom. The summed E-state index contributed by atoms with van der Waals surface area (Å²) in [6.45, 7) is 3.70. The van der Waals surface area contributed by atoms with E-state index in [4.69, 9.17) is 5.11 Å². The maximum atomic E-state index is 10.3. The third kappa shape index (κ3) is 2.36. The van der Waals surface area contributed by atoms with Crippen molar-refractivity contribution in [3.05, 3.63) is 34.9 Å². The van der Waals surface area contributed by atoms with Crippen molar-refractivity contribution < 1.29 is 15.0 Å². The van der Waals surface area contributed by atoms with Crippen LogP contribution in [0.3, 0.4) is 0 Å². The summed E-state index contributed by atoms with van der Waals surface area (Å²) in [5.74, 6) is -0.913. The Kier molecular flexibility index (Phi) is 2.92. The molecule has 1 rings (SSSR count). The number of aryl methyl sites for hydroxylation is 2. The number of carboxylic acid groups (broad SMARTS) is 1. The van der Waals surface area contributed by atoms with Crippen molar-refractivity contribution in [2.45, 2.75) is 13.8 Å². The van der Waals surface area contributed by atoms with Crippen molar-refractivity contribution in [2.75, 3.05) is 0 Å². The highest BCUT2D eigenvalue weighted by Gasteiger charge is 2.02. The van der Waals surface area contributed by atoms with E-state index >= 15 is 0 Å². The number of carboxylic acids is 1. The fourth-order valence-electron chi connectivity index (χ4n) is 1.33. The predicted octanol–water partition coefficient (Wildman–Crippen LogP) is 2.11. The predicted molar refractivity (Wildman–Crippen MR) is 54.3 cm³/mol. The second-order valence-electron chi connectivity index (χ2n) is 3.19. The molecule has 0 heterocycles. The minimum atomic E-state index is -1.02. The van der Waals surface area contributed by atoms with E-state index in [1.165, 1.54) is 6.08 Å². The van der Waals surface area contributed by atoms with Crippen molar-refractivity contribution in [3.63, 3.8) is 0 Å². The second-order valence-corrected chi connectivity index (χ2v) is 3.19. The third-order valence-electron chi connectivity index (χ3n) is 1.90. The number of carbonyl (C=O) groups is 1. The molecular formula is C11H12O3. The van der Waals surface area contributed by atoms with Crippen LogP contribution in [0.4, 0.5) is 0 Å². The van der Waals surface area contributed by atoms with Gasteiger partial charge in [0.2, 0.25) is 0 Å². The molecule has 0 aliphatic rings. The van der Waals surface area contributed by atoms with Crippen LogP contribution in [0.15, 0.2) is 18.2 Å². The summed E-state index contributed by atoms with van der Waals surface area (Å²) in [6.07, 6.45) is 2.41. The molecule has 0 amide bonds. The lowest BCUT2D eigenvalue weighted by atomic mass is 10.0. The lowest BCUT2D eigenvalue weighted by molar-refractivity contribution is -0.131. The Labute approximate surface area is 82.3 Å². The summed E-state index contributed by atoms with van der Waals surface area (Å²) in [7, 11) is 0. The first-order chi connectivity index (χ1) is 6.50. The molecule has 0 unspecified atom stereocenters. The number of hydrogen-bond acceptors (Lipinski definition) is 2. The van der Waals surface area contributed by atoms with Gasteiger partial charge in [-0.15, -0.1) is 0 Å². The van der Waals surface area contributed by atoms with E-state index in [-0.39, 0.29) is 5.75 Å². The molecule has 0 aliphatic heterocycles. The fraction of sp³-hybridized carbons (Fsp3) is 0.182. The van der Waals surface area contributed by atoms with Crippen LogP contribution < -0.4 is 0 Å². The Balaban J connectivity index is 3.15. The molecule has 0 atom stereocenters. The van der Waals surface area contributed by atoms with Gasteiger partial charge in [-0.1, -0.05) is 6.07 Å². The number of hydrogen-bond donors (Lipinski definition) is 2. The Morgan fingerprint density at radius 3 is 2.50 bits per heavy atom. The smallest absolute Gasteiger partial charge is 0.328 e. The number of phenolic OH excluding ortho intramolecular Hbond substituents is 1. The third-order valence-corrected chi connectivity index (χ3v) is 1.90. The van der Waals surface area contributed by atoms with Crippen molar-refractivity contribution in [2.24, 2.45) is 0 Å². The van der Waals surface area contributed by atoms with E-state index < -0.39 is 5.97 Å². The standard InChI is InChI=1S/C11H12O3/c1-7-5-8(2)9(10(12)6-7)3-4-11(13)14/h3-6,12H,1-2H3,(H,13,14)/b4-3+. The lowest BCUT2D eigenvalue weighted by Gasteiger charge is -2.04. The monoisotopic (exact) mass is 192 g/mol.